The average molecular weight is 278 g/mol. The van der Waals surface area contributed by atoms with Crippen LogP contribution in [0, 0.1) is 5.92 Å². The zero-order valence-corrected chi connectivity index (χ0v) is 11.0. The van der Waals surface area contributed by atoms with Gasteiger partial charge in [0, 0.05) is 30.2 Å². The van der Waals surface area contributed by atoms with Crippen molar-refractivity contribution in [3.8, 4) is 11.5 Å². The molecule has 6 nitrogen and oxygen atoms in total. The van der Waals surface area contributed by atoms with E-state index in [1.807, 2.05) is 0 Å². The number of aromatic hydroxyl groups is 2. The maximum absolute atomic E-state index is 12.1. The van der Waals surface area contributed by atoms with Gasteiger partial charge in [-0.15, -0.1) is 0 Å². The van der Waals surface area contributed by atoms with E-state index < -0.39 is 0 Å². The molecule has 1 saturated carbocycles. The van der Waals surface area contributed by atoms with Gasteiger partial charge >= 0.3 is 0 Å². The molecule has 4 atom stereocenters. The molecule has 0 radical (unpaired) electrons. The molecule has 1 aromatic carbocycles. The molecule has 2 aliphatic rings. The van der Waals surface area contributed by atoms with Crippen LogP contribution >= 0.6 is 0 Å². The van der Waals surface area contributed by atoms with E-state index in [-0.39, 0.29) is 41.2 Å². The van der Waals surface area contributed by atoms with Gasteiger partial charge in [0.2, 0.25) is 0 Å². The highest BCUT2D eigenvalue weighted by Gasteiger charge is 2.51. The van der Waals surface area contributed by atoms with Gasteiger partial charge < -0.3 is 26.0 Å². The lowest BCUT2D eigenvalue weighted by Crippen LogP contribution is -2.72. The minimum atomic E-state index is -0.371. The highest BCUT2D eigenvalue weighted by Crippen LogP contribution is 2.37. The number of hydrogen-bond acceptors (Lipinski definition) is 5. The van der Waals surface area contributed by atoms with Crippen LogP contribution < -0.4 is 11.1 Å². The number of fused-ring (bicyclic) bond motifs is 1. The van der Waals surface area contributed by atoms with Crippen molar-refractivity contribution in [2.75, 3.05) is 6.61 Å². The number of amides is 1. The number of phenolic OH excluding ortho intramolecular Hbond substituents is 2. The normalized spacial score (nSPS) is 32.0. The molecule has 5 N–H and O–H groups in total. The number of nitrogens with two attached hydrogens (primary N) is 1. The van der Waals surface area contributed by atoms with Gasteiger partial charge in [-0.2, -0.15) is 0 Å². The fourth-order valence-electron chi connectivity index (χ4n) is 3.09. The Morgan fingerprint density at radius 1 is 1.30 bits per heavy atom. The molecule has 1 heterocycles. The van der Waals surface area contributed by atoms with E-state index in [2.05, 4.69) is 5.32 Å². The number of carbonyl (C=O) groups excluding carboxylic acids is 1. The largest absolute Gasteiger partial charge is 0.508 e. The van der Waals surface area contributed by atoms with Gasteiger partial charge in [-0.1, -0.05) is 0 Å². The molecule has 20 heavy (non-hydrogen) atoms. The molecular formula is C14H18N2O4. The molecule has 1 amide bonds. The topological polar surface area (TPSA) is 105 Å². The predicted molar refractivity (Wildman–Crippen MR) is 71.5 cm³/mol. The van der Waals surface area contributed by atoms with Crippen molar-refractivity contribution in [1.29, 1.82) is 0 Å². The number of benzene rings is 1. The molecule has 1 aliphatic carbocycles. The second-order valence-corrected chi connectivity index (χ2v) is 5.46. The van der Waals surface area contributed by atoms with Gasteiger partial charge in [0.05, 0.1) is 12.1 Å². The standard InChI is InChI=1S/C14H18N2O4/c15-11-10-2-1-3-20-13(10)12(11)16-14(19)7-4-8(17)6-9(18)5-7/h4-6,10-13,17-18H,1-3,15H2,(H,16,19). The average Bonchev–Trinajstić information content (AvgIpc) is 2.43. The van der Waals surface area contributed by atoms with Crippen LogP contribution in [0.1, 0.15) is 23.2 Å². The molecule has 4 unspecified atom stereocenters. The fourth-order valence-corrected chi connectivity index (χ4v) is 3.09. The van der Waals surface area contributed by atoms with Crippen LogP contribution in [0.3, 0.4) is 0 Å². The maximum atomic E-state index is 12.1. The molecule has 108 valence electrons. The Morgan fingerprint density at radius 2 is 2.00 bits per heavy atom. The van der Waals surface area contributed by atoms with Gasteiger partial charge in [0.1, 0.15) is 11.5 Å². The zero-order valence-electron chi connectivity index (χ0n) is 11.0. The summed E-state index contributed by atoms with van der Waals surface area (Å²) in [6.07, 6.45) is 2.02. The van der Waals surface area contributed by atoms with Crippen LogP contribution in [0.4, 0.5) is 0 Å². The third-order valence-electron chi connectivity index (χ3n) is 4.14. The molecular weight excluding hydrogens is 260 g/mol. The number of hydrogen-bond donors (Lipinski definition) is 4. The van der Waals surface area contributed by atoms with Gasteiger partial charge in [-0.3, -0.25) is 4.79 Å². The molecule has 0 aromatic heterocycles. The van der Waals surface area contributed by atoms with Gasteiger partial charge in [-0.05, 0) is 25.0 Å². The van der Waals surface area contributed by atoms with Crippen LogP contribution in [0.25, 0.3) is 0 Å². The Bertz CT molecular complexity index is 514. The molecule has 3 rings (SSSR count). The summed E-state index contributed by atoms with van der Waals surface area (Å²) >= 11 is 0. The first-order valence-corrected chi connectivity index (χ1v) is 6.77. The summed E-state index contributed by atoms with van der Waals surface area (Å²) in [7, 11) is 0. The lowest BCUT2D eigenvalue weighted by atomic mass is 9.68. The van der Waals surface area contributed by atoms with E-state index >= 15 is 0 Å². The summed E-state index contributed by atoms with van der Waals surface area (Å²) in [5.74, 6) is -0.365. The Hall–Kier alpha value is -1.79. The van der Waals surface area contributed by atoms with E-state index in [0.717, 1.165) is 12.8 Å². The number of phenols is 2. The van der Waals surface area contributed by atoms with E-state index in [1.54, 1.807) is 0 Å². The van der Waals surface area contributed by atoms with Crippen LogP contribution in [-0.2, 0) is 4.74 Å². The summed E-state index contributed by atoms with van der Waals surface area (Å²) in [4.78, 5) is 12.1. The van der Waals surface area contributed by atoms with Crippen LogP contribution in [0.2, 0.25) is 0 Å². The minimum absolute atomic E-state index is 0.0198. The van der Waals surface area contributed by atoms with Crippen molar-refractivity contribution >= 4 is 5.91 Å². The van der Waals surface area contributed by atoms with Crippen molar-refractivity contribution in [1.82, 2.24) is 5.32 Å². The lowest BCUT2D eigenvalue weighted by Gasteiger charge is -2.52. The summed E-state index contributed by atoms with van der Waals surface area (Å²) in [5.41, 5.74) is 6.27. The highest BCUT2D eigenvalue weighted by molar-refractivity contribution is 5.95. The summed E-state index contributed by atoms with van der Waals surface area (Å²) in [5, 5.41) is 21.6. The zero-order chi connectivity index (χ0) is 14.3. The number of carbonyl (C=O) groups is 1. The second kappa shape index (κ2) is 4.96. The minimum Gasteiger partial charge on any atom is -0.508 e. The first-order chi connectivity index (χ1) is 9.56. The second-order valence-electron chi connectivity index (χ2n) is 5.46. The van der Waals surface area contributed by atoms with Crippen molar-refractivity contribution in [3.63, 3.8) is 0 Å². The quantitative estimate of drug-likeness (QED) is 0.624. The SMILES string of the molecule is NC1C2CCCOC2C1NC(=O)c1cc(O)cc(O)c1. The first kappa shape index (κ1) is 13.2. The summed E-state index contributed by atoms with van der Waals surface area (Å²) in [6, 6.07) is 3.47. The number of ether oxygens (including phenoxy) is 1. The first-order valence-electron chi connectivity index (χ1n) is 6.77. The fraction of sp³-hybridized carbons (Fsp3) is 0.500. The number of nitrogens with one attached hydrogen (secondary N) is 1. The molecule has 0 bridgehead atoms. The molecule has 1 aromatic rings. The van der Waals surface area contributed by atoms with E-state index in [0.29, 0.717) is 12.5 Å². The van der Waals surface area contributed by atoms with E-state index in [9.17, 15) is 15.0 Å². The maximum Gasteiger partial charge on any atom is 0.251 e. The van der Waals surface area contributed by atoms with E-state index in [1.165, 1.54) is 18.2 Å². The highest BCUT2D eigenvalue weighted by atomic mass is 16.5. The third kappa shape index (κ3) is 2.21. The molecule has 1 saturated heterocycles. The smallest absolute Gasteiger partial charge is 0.251 e. The molecule has 0 spiro atoms. The predicted octanol–water partition coefficient (Wildman–Crippen LogP) is 0.332. The van der Waals surface area contributed by atoms with Crippen LogP contribution in [0.15, 0.2) is 18.2 Å². The van der Waals surface area contributed by atoms with E-state index in [4.69, 9.17) is 10.5 Å². The van der Waals surface area contributed by atoms with Crippen molar-refractivity contribution in [2.24, 2.45) is 11.7 Å². The molecule has 2 fully saturated rings. The van der Waals surface area contributed by atoms with Crippen molar-refractivity contribution in [3.05, 3.63) is 23.8 Å². The summed E-state index contributed by atoms with van der Waals surface area (Å²) in [6.45, 7) is 0.702. The Kier molecular flexibility index (Phi) is 3.27. The monoisotopic (exact) mass is 278 g/mol. The van der Waals surface area contributed by atoms with Crippen molar-refractivity contribution < 1.29 is 19.7 Å². The Labute approximate surface area is 116 Å². The Balaban J connectivity index is 1.70. The molecule has 6 heteroatoms. The molecule has 1 aliphatic heterocycles. The Morgan fingerprint density at radius 3 is 2.70 bits per heavy atom. The van der Waals surface area contributed by atoms with Crippen LogP contribution in [0.5, 0.6) is 11.5 Å². The van der Waals surface area contributed by atoms with Gasteiger partial charge in [0.25, 0.3) is 5.91 Å². The van der Waals surface area contributed by atoms with Crippen LogP contribution in [-0.4, -0.2) is 40.9 Å². The summed E-state index contributed by atoms with van der Waals surface area (Å²) < 4.78 is 5.65. The van der Waals surface area contributed by atoms with Crippen molar-refractivity contribution in [2.45, 2.75) is 31.0 Å². The van der Waals surface area contributed by atoms with Gasteiger partial charge in [0.15, 0.2) is 0 Å². The third-order valence-corrected chi connectivity index (χ3v) is 4.14. The van der Waals surface area contributed by atoms with Gasteiger partial charge in [-0.25, -0.2) is 0 Å². The number of rotatable bonds is 2. The lowest BCUT2D eigenvalue weighted by molar-refractivity contribution is -0.117.